The lowest BCUT2D eigenvalue weighted by molar-refractivity contribution is -0.137. The number of halogens is 3. The predicted molar refractivity (Wildman–Crippen MR) is 183 cm³/mol. The molecule has 11 heteroatoms. The molecule has 0 unspecified atom stereocenters. The van der Waals surface area contributed by atoms with Gasteiger partial charge in [0, 0.05) is 27.4 Å². The lowest BCUT2D eigenvalue weighted by atomic mass is 10.00. The van der Waals surface area contributed by atoms with Gasteiger partial charge in [0.15, 0.2) is 11.5 Å². The van der Waals surface area contributed by atoms with Crippen molar-refractivity contribution in [3.8, 4) is 34.3 Å². The minimum atomic E-state index is -4.50. The average Bonchev–Trinajstić information content (AvgIpc) is 3.50. The number of hydrogen-bond donors (Lipinski definition) is 2. The summed E-state index contributed by atoms with van der Waals surface area (Å²) in [5, 5.41) is 4.90. The van der Waals surface area contributed by atoms with Crippen LogP contribution in [-0.2, 0) is 17.5 Å². The highest BCUT2D eigenvalue weighted by molar-refractivity contribution is 6.24. The van der Waals surface area contributed by atoms with Crippen molar-refractivity contribution >= 4 is 39.4 Å². The van der Waals surface area contributed by atoms with Gasteiger partial charge in [-0.25, -0.2) is 4.98 Å². The van der Waals surface area contributed by atoms with E-state index in [2.05, 4.69) is 10.3 Å². The van der Waals surface area contributed by atoms with Crippen molar-refractivity contribution in [2.24, 2.45) is 0 Å². The maximum Gasteiger partial charge on any atom is 0.416 e. The van der Waals surface area contributed by atoms with Crippen molar-refractivity contribution in [3.63, 3.8) is 0 Å². The molecule has 0 radical (unpaired) electrons. The summed E-state index contributed by atoms with van der Waals surface area (Å²) in [5.41, 5.74) is 4.07. The molecule has 6 rings (SSSR count). The van der Waals surface area contributed by atoms with Gasteiger partial charge in [-0.15, -0.1) is 0 Å². The first-order valence-corrected chi connectivity index (χ1v) is 15.2. The van der Waals surface area contributed by atoms with Crippen LogP contribution >= 0.6 is 0 Å². The number of ether oxygens (including phenoxy) is 4. The van der Waals surface area contributed by atoms with Gasteiger partial charge in [0.05, 0.1) is 57.5 Å². The van der Waals surface area contributed by atoms with Gasteiger partial charge in [-0.1, -0.05) is 30.3 Å². The number of hydrogen-bond acceptors (Lipinski definition) is 6. The van der Waals surface area contributed by atoms with E-state index in [1.807, 2.05) is 54.6 Å². The van der Waals surface area contributed by atoms with Crippen LogP contribution < -0.4 is 24.3 Å². The molecule has 49 heavy (non-hydrogen) atoms. The molecule has 8 nitrogen and oxygen atoms in total. The van der Waals surface area contributed by atoms with Gasteiger partial charge < -0.3 is 29.2 Å². The molecule has 1 amide bonds. The van der Waals surface area contributed by atoms with Crippen LogP contribution in [0.4, 0.5) is 13.2 Å². The molecule has 0 aliphatic heterocycles. The Morgan fingerprint density at radius 1 is 0.816 bits per heavy atom. The molecule has 6 aromatic rings. The average molecular weight is 668 g/mol. The molecule has 0 atom stereocenters. The SMILES string of the molecule is COc1ccc(-c2nc(CNC(=O)/C(=C/c3ccc(C(F)(F)F)cc3)c3cc(OC)c(OC)c(OC)c3)cc3c2[nH]c2ccccc23)cc1. The molecule has 0 saturated heterocycles. The number of carbonyl (C=O) groups is 1. The van der Waals surface area contributed by atoms with Crippen molar-refractivity contribution in [1.82, 2.24) is 15.3 Å². The maximum absolute atomic E-state index is 14.0. The van der Waals surface area contributed by atoms with Gasteiger partial charge in [0.2, 0.25) is 5.75 Å². The molecule has 4 aromatic carbocycles. The zero-order valence-corrected chi connectivity index (χ0v) is 27.1. The minimum Gasteiger partial charge on any atom is -0.497 e. The highest BCUT2D eigenvalue weighted by Gasteiger charge is 2.30. The number of aromatic amines is 1. The maximum atomic E-state index is 14.0. The number of carbonyl (C=O) groups excluding carboxylic acids is 1. The first-order valence-electron chi connectivity index (χ1n) is 15.2. The summed E-state index contributed by atoms with van der Waals surface area (Å²) in [7, 11) is 5.97. The number of methoxy groups -OCH3 is 4. The highest BCUT2D eigenvalue weighted by Crippen LogP contribution is 2.41. The second-order valence-corrected chi connectivity index (χ2v) is 11.1. The standard InChI is InChI=1S/C38H32F3N3O5/c1-46-27-15-11-23(12-16-27)34-35-30(28-7-5-6-8-31(28)44-35)20-26(43-34)21-42-37(45)29(17-22-9-13-25(14-10-22)38(39,40)41)24-18-32(47-2)36(49-4)33(19-24)48-3/h5-20,44H,21H2,1-4H3,(H,42,45)/b29-17+. The fraction of sp³-hybridized carbons (Fsp3) is 0.158. The van der Waals surface area contributed by atoms with Crippen LogP contribution in [0.1, 0.15) is 22.4 Å². The number of alkyl halides is 3. The van der Waals surface area contributed by atoms with E-state index in [9.17, 15) is 18.0 Å². The third-order valence-electron chi connectivity index (χ3n) is 8.11. The fourth-order valence-electron chi connectivity index (χ4n) is 5.66. The summed E-state index contributed by atoms with van der Waals surface area (Å²) in [6, 6.07) is 25.2. The van der Waals surface area contributed by atoms with Gasteiger partial charge in [-0.2, -0.15) is 13.2 Å². The second-order valence-electron chi connectivity index (χ2n) is 11.1. The molecular formula is C38H32F3N3O5. The summed E-state index contributed by atoms with van der Waals surface area (Å²) < 4.78 is 61.6. The summed E-state index contributed by atoms with van der Waals surface area (Å²) >= 11 is 0. The van der Waals surface area contributed by atoms with E-state index in [0.29, 0.717) is 45.5 Å². The van der Waals surface area contributed by atoms with E-state index < -0.39 is 17.6 Å². The zero-order valence-electron chi connectivity index (χ0n) is 27.1. The van der Waals surface area contributed by atoms with E-state index >= 15 is 0 Å². The van der Waals surface area contributed by atoms with E-state index in [-0.39, 0.29) is 12.1 Å². The molecule has 0 saturated carbocycles. The van der Waals surface area contributed by atoms with E-state index in [0.717, 1.165) is 39.5 Å². The van der Waals surface area contributed by atoms with Gasteiger partial charge >= 0.3 is 6.18 Å². The molecule has 0 aliphatic carbocycles. The van der Waals surface area contributed by atoms with Crippen molar-refractivity contribution in [2.75, 3.05) is 28.4 Å². The third kappa shape index (κ3) is 6.73. The van der Waals surface area contributed by atoms with Crippen LogP contribution in [0.3, 0.4) is 0 Å². The van der Waals surface area contributed by atoms with Crippen LogP contribution in [-0.4, -0.2) is 44.3 Å². The number of nitrogens with one attached hydrogen (secondary N) is 2. The van der Waals surface area contributed by atoms with Crippen LogP contribution in [0.25, 0.3) is 44.7 Å². The van der Waals surface area contributed by atoms with Gasteiger partial charge in [-0.05, 0) is 77.9 Å². The number of nitrogens with zero attached hydrogens (tertiary/aromatic N) is 1. The van der Waals surface area contributed by atoms with Gasteiger partial charge in [0.1, 0.15) is 5.75 Å². The largest absolute Gasteiger partial charge is 0.497 e. The summed E-state index contributed by atoms with van der Waals surface area (Å²) in [6.45, 7) is 0.0478. The Balaban J connectivity index is 1.41. The Kier molecular flexibility index (Phi) is 9.17. The molecular weight excluding hydrogens is 635 g/mol. The number of para-hydroxylation sites is 1. The second kappa shape index (κ2) is 13.6. The number of aromatic nitrogens is 2. The number of pyridine rings is 1. The van der Waals surface area contributed by atoms with Crippen LogP contribution in [0.2, 0.25) is 0 Å². The molecule has 0 bridgehead atoms. The summed E-state index contributed by atoms with van der Waals surface area (Å²) in [6.07, 6.45) is -2.99. The molecule has 0 aliphatic rings. The molecule has 2 heterocycles. The molecule has 0 fully saturated rings. The van der Waals surface area contributed by atoms with Crippen molar-refractivity contribution < 1.29 is 36.9 Å². The number of amides is 1. The van der Waals surface area contributed by atoms with Gasteiger partial charge in [-0.3, -0.25) is 4.79 Å². The van der Waals surface area contributed by atoms with E-state index in [1.165, 1.54) is 39.5 Å². The minimum absolute atomic E-state index is 0.0478. The normalized spacial score (nSPS) is 11.9. The van der Waals surface area contributed by atoms with Crippen LogP contribution in [0.5, 0.6) is 23.0 Å². The Bertz CT molecular complexity index is 2150. The Labute approximate surface area is 280 Å². The molecule has 0 spiro atoms. The van der Waals surface area contributed by atoms with E-state index in [1.54, 1.807) is 19.2 Å². The molecule has 2 N–H and O–H groups in total. The quantitative estimate of drug-likeness (QED) is 0.113. The predicted octanol–water partition coefficient (Wildman–Crippen LogP) is 8.29. The molecule has 2 aromatic heterocycles. The summed E-state index contributed by atoms with van der Waals surface area (Å²) in [5.74, 6) is 1.14. The number of H-pyrrole nitrogens is 1. The van der Waals surface area contributed by atoms with Crippen molar-refractivity contribution in [3.05, 3.63) is 113 Å². The highest BCUT2D eigenvalue weighted by atomic mass is 19.4. The number of benzene rings is 4. The first-order chi connectivity index (χ1) is 23.6. The fourth-order valence-corrected chi connectivity index (χ4v) is 5.66. The van der Waals surface area contributed by atoms with E-state index in [4.69, 9.17) is 23.9 Å². The summed E-state index contributed by atoms with van der Waals surface area (Å²) in [4.78, 5) is 22.5. The number of fused-ring (bicyclic) bond motifs is 3. The Hall–Kier alpha value is -5.97. The number of rotatable bonds is 10. The topological polar surface area (TPSA) is 94.7 Å². The Morgan fingerprint density at radius 3 is 2.10 bits per heavy atom. The Morgan fingerprint density at radius 2 is 1.49 bits per heavy atom. The lowest BCUT2D eigenvalue weighted by Gasteiger charge is -2.16. The van der Waals surface area contributed by atoms with Crippen molar-refractivity contribution in [2.45, 2.75) is 12.7 Å². The third-order valence-corrected chi connectivity index (χ3v) is 8.11. The molecule has 250 valence electrons. The lowest BCUT2D eigenvalue weighted by Crippen LogP contribution is -2.24. The smallest absolute Gasteiger partial charge is 0.416 e. The first kappa shape index (κ1) is 33.0. The van der Waals surface area contributed by atoms with Gasteiger partial charge in [0.25, 0.3) is 5.91 Å². The zero-order chi connectivity index (χ0) is 34.7. The van der Waals surface area contributed by atoms with Crippen LogP contribution in [0.15, 0.2) is 91.0 Å². The van der Waals surface area contributed by atoms with Crippen molar-refractivity contribution in [1.29, 1.82) is 0 Å². The van der Waals surface area contributed by atoms with Crippen LogP contribution in [0, 0.1) is 0 Å². The monoisotopic (exact) mass is 667 g/mol.